The Balaban J connectivity index is 2.24. The SMILES string of the molecule is Cc1nocc1[C@H](O)C[C@](C)(N)c1ccc(F)cc1F. The molecule has 2 aromatic rings. The highest BCUT2D eigenvalue weighted by Crippen LogP contribution is 2.32. The van der Waals surface area contributed by atoms with Gasteiger partial charge in [0.15, 0.2) is 0 Å². The van der Waals surface area contributed by atoms with Crippen molar-refractivity contribution in [3.63, 3.8) is 0 Å². The van der Waals surface area contributed by atoms with Crippen LogP contribution >= 0.6 is 0 Å². The van der Waals surface area contributed by atoms with Gasteiger partial charge in [0.05, 0.1) is 11.8 Å². The Morgan fingerprint density at radius 1 is 1.45 bits per heavy atom. The highest BCUT2D eigenvalue weighted by Gasteiger charge is 2.30. The van der Waals surface area contributed by atoms with Crippen molar-refractivity contribution in [2.45, 2.75) is 31.9 Å². The first-order valence-electron chi connectivity index (χ1n) is 6.14. The number of halogens is 2. The van der Waals surface area contributed by atoms with Crippen molar-refractivity contribution in [3.8, 4) is 0 Å². The van der Waals surface area contributed by atoms with Gasteiger partial charge in [-0.05, 0) is 26.3 Å². The zero-order valence-corrected chi connectivity index (χ0v) is 11.2. The number of hydrogen-bond donors (Lipinski definition) is 2. The number of aliphatic hydroxyl groups excluding tert-OH is 1. The van der Waals surface area contributed by atoms with Gasteiger partial charge in [-0.1, -0.05) is 11.2 Å². The van der Waals surface area contributed by atoms with Crippen LogP contribution in [0, 0.1) is 18.6 Å². The minimum atomic E-state index is -1.15. The van der Waals surface area contributed by atoms with Crippen LogP contribution in [0.2, 0.25) is 0 Å². The second-order valence-corrected chi connectivity index (χ2v) is 5.12. The number of hydrogen-bond acceptors (Lipinski definition) is 4. The summed E-state index contributed by atoms with van der Waals surface area (Å²) in [6, 6.07) is 3.20. The maximum absolute atomic E-state index is 13.8. The van der Waals surface area contributed by atoms with Crippen molar-refractivity contribution in [3.05, 3.63) is 52.9 Å². The summed E-state index contributed by atoms with van der Waals surface area (Å²) in [6.45, 7) is 3.27. The second kappa shape index (κ2) is 5.30. The average Bonchev–Trinajstić information content (AvgIpc) is 2.74. The van der Waals surface area contributed by atoms with Gasteiger partial charge in [0.2, 0.25) is 0 Å². The summed E-state index contributed by atoms with van der Waals surface area (Å²) in [5.74, 6) is -1.40. The van der Waals surface area contributed by atoms with Crippen molar-refractivity contribution < 1.29 is 18.4 Å². The second-order valence-electron chi connectivity index (χ2n) is 5.12. The van der Waals surface area contributed by atoms with Crippen LogP contribution in [0.3, 0.4) is 0 Å². The monoisotopic (exact) mass is 282 g/mol. The number of nitrogens with two attached hydrogens (primary N) is 1. The van der Waals surface area contributed by atoms with Gasteiger partial charge in [0.1, 0.15) is 17.9 Å². The molecule has 4 nitrogen and oxygen atoms in total. The Kier molecular flexibility index (Phi) is 3.87. The number of aromatic nitrogens is 1. The molecule has 6 heteroatoms. The maximum Gasteiger partial charge on any atom is 0.131 e. The van der Waals surface area contributed by atoms with E-state index in [-0.39, 0.29) is 12.0 Å². The third-order valence-electron chi connectivity index (χ3n) is 3.31. The number of rotatable bonds is 4. The molecule has 3 N–H and O–H groups in total. The summed E-state index contributed by atoms with van der Waals surface area (Å²) < 4.78 is 31.5. The minimum Gasteiger partial charge on any atom is -0.388 e. The maximum atomic E-state index is 13.8. The lowest BCUT2D eigenvalue weighted by atomic mass is 9.85. The number of nitrogens with zero attached hydrogens (tertiary/aromatic N) is 1. The Hall–Kier alpha value is -1.79. The summed E-state index contributed by atoms with van der Waals surface area (Å²) in [5.41, 5.74) is 6.12. The molecule has 1 heterocycles. The van der Waals surface area contributed by atoms with E-state index in [4.69, 9.17) is 10.3 Å². The molecule has 0 aliphatic heterocycles. The van der Waals surface area contributed by atoms with E-state index in [1.165, 1.54) is 12.3 Å². The molecule has 108 valence electrons. The predicted molar refractivity (Wildman–Crippen MR) is 68.7 cm³/mol. The van der Waals surface area contributed by atoms with Crippen molar-refractivity contribution in [1.82, 2.24) is 5.16 Å². The van der Waals surface area contributed by atoms with E-state index in [2.05, 4.69) is 5.16 Å². The van der Waals surface area contributed by atoms with Gasteiger partial charge in [-0.15, -0.1) is 0 Å². The predicted octanol–water partition coefficient (Wildman–Crippen LogP) is 2.56. The smallest absolute Gasteiger partial charge is 0.131 e. The fourth-order valence-electron chi connectivity index (χ4n) is 2.19. The molecule has 0 fully saturated rings. The standard InChI is InChI=1S/C14H16F2N2O2/c1-8-10(7-20-18-8)13(19)6-14(2,17)11-4-3-9(15)5-12(11)16/h3-5,7,13,19H,6,17H2,1-2H3/t13-,14+/m1/s1. The summed E-state index contributed by atoms with van der Waals surface area (Å²) in [6.07, 6.45) is 0.440. The highest BCUT2D eigenvalue weighted by atomic mass is 19.1. The van der Waals surface area contributed by atoms with E-state index in [0.717, 1.165) is 12.1 Å². The van der Waals surface area contributed by atoms with Crippen LogP contribution in [0.15, 0.2) is 29.0 Å². The Morgan fingerprint density at radius 2 is 2.15 bits per heavy atom. The summed E-state index contributed by atoms with van der Waals surface area (Å²) >= 11 is 0. The van der Waals surface area contributed by atoms with E-state index >= 15 is 0 Å². The van der Waals surface area contributed by atoms with E-state index in [0.29, 0.717) is 11.3 Å². The Bertz CT molecular complexity index is 611. The molecule has 0 aliphatic carbocycles. The molecule has 0 amide bonds. The van der Waals surface area contributed by atoms with Crippen LogP contribution in [0.1, 0.15) is 36.3 Å². The van der Waals surface area contributed by atoms with Crippen molar-refractivity contribution in [2.75, 3.05) is 0 Å². The summed E-state index contributed by atoms with van der Waals surface area (Å²) in [7, 11) is 0. The van der Waals surface area contributed by atoms with Crippen molar-refractivity contribution in [1.29, 1.82) is 0 Å². The molecule has 1 aromatic carbocycles. The molecule has 1 aromatic heterocycles. The van der Waals surface area contributed by atoms with Crippen LogP contribution in [0.4, 0.5) is 8.78 Å². The third-order valence-corrected chi connectivity index (χ3v) is 3.31. The molecular formula is C14H16F2N2O2. The molecule has 2 atom stereocenters. The number of benzene rings is 1. The van der Waals surface area contributed by atoms with E-state index in [9.17, 15) is 13.9 Å². The van der Waals surface area contributed by atoms with E-state index in [1.54, 1.807) is 13.8 Å². The summed E-state index contributed by atoms with van der Waals surface area (Å²) in [5, 5.41) is 13.8. The molecule has 0 unspecified atom stereocenters. The molecule has 0 aliphatic rings. The minimum absolute atomic E-state index is 0.0532. The first-order chi connectivity index (χ1) is 9.31. The Labute approximate surface area is 115 Å². The topological polar surface area (TPSA) is 72.3 Å². The lowest BCUT2D eigenvalue weighted by molar-refractivity contribution is 0.135. The largest absolute Gasteiger partial charge is 0.388 e. The normalized spacial score (nSPS) is 15.9. The quantitative estimate of drug-likeness (QED) is 0.904. The first-order valence-corrected chi connectivity index (χ1v) is 6.14. The van der Waals surface area contributed by atoms with E-state index in [1.807, 2.05) is 0 Å². The number of aryl methyl sites for hydroxylation is 1. The van der Waals surface area contributed by atoms with Gasteiger partial charge < -0.3 is 15.4 Å². The fourth-order valence-corrected chi connectivity index (χ4v) is 2.19. The Morgan fingerprint density at radius 3 is 2.70 bits per heavy atom. The molecule has 0 radical (unpaired) electrons. The van der Waals surface area contributed by atoms with Crippen molar-refractivity contribution >= 4 is 0 Å². The molecule has 0 saturated heterocycles. The molecule has 20 heavy (non-hydrogen) atoms. The zero-order chi connectivity index (χ0) is 14.9. The van der Waals surface area contributed by atoms with Gasteiger partial charge in [-0.2, -0.15) is 0 Å². The fraction of sp³-hybridized carbons (Fsp3) is 0.357. The molecule has 0 saturated carbocycles. The van der Waals surface area contributed by atoms with Crippen LogP contribution in [-0.2, 0) is 5.54 Å². The lowest BCUT2D eigenvalue weighted by Crippen LogP contribution is -2.36. The number of aliphatic hydroxyl groups is 1. The highest BCUT2D eigenvalue weighted by molar-refractivity contribution is 5.27. The van der Waals surface area contributed by atoms with E-state index < -0.39 is 23.3 Å². The zero-order valence-electron chi connectivity index (χ0n) is 11.2. The molecule has 2 rings (SSSR count). The first kappa shape index (κ1) is 14.6. The van der Waals surface area contributed by atoms with Gasteiger partial charge in [0, 0.05) is 22.7 Å². The van der Waals surface area contributed by atoms with Gasteiger partial charge >= 0.3 is 0 Å². The van der Waals surface area contributed by atoms with Gasteiger partial charge in [-0.25, -0.2) is 8.78 Å². The summed E-state index contributed by atoms with van der Waals surface area (Å²) in [4.78, 5) is 0. The van der Waals surface area contributed by atoms with Gasteiger partial charge in [-0.3, -0.25) is 0 Å². The van der Waals surface area contributed by atoms with Crippen molar-refractivity contribution in [2.24, 2.45) is 5.73 Å². The molecule has 0 spiro atoms. The molecule has 0 bridgehead atoms. The van der Waals surface area contributed by atoms with Crippen LogP contribution in [-0.4, -0.2) is 10.3 Å². The van der Waals surface area contributed by atoms with Crippen LogP contribution in [0.25, 0.3) is 0 Å². The van der Waals surface area contributed by atoms with Crippen LogP contribution in [0.5, 0.6) is 0 Å². The molecular weight excluding hydrogens is 266 g/mol. The van der Waals surface area contributed by atoms with Crippen LogP contribution < -0.4 is 5.73 Å². The van der Waals surface area contributed by atoms with Gasteiger partial charge in [0.25, 0.3) is 0 Å². The lowest BCUT2D eigenvalue weighted by Gasteiger charge is -2.28. The third kappa shape index (κ3) is 2.86. The average molecular weight is 282 g/mol.